The number of hydrogen-bond donors (Lipinski definition) is 2. The van der Waals surface area contributed by atoms with Crippen molar-refractivity contribution in [3.63, 3.8) is 0 Å². The maximum atomic E-state index is 11.9. The number of nitrogens with two attached hydrogens (primary N) is 1. The predicted octanol–water partition coefficient (Wildman–Crippen LogP) is 2.93. The van der Waals surface area contributed by atoms with E-state index < -0.39 is 5.91 Å². The molecule has 0 spiro atoms. The molecule has 3 N–H and O–H groups in total. The van der Waals surface area contributed by atoms with Crippen LogP contribution in [0.15, 0.2) is 71.5 Å². The van der Waals surface area contributed by atoms with Crippen LogP contribution in [0, 0.1) is 0 Å². The van der Waals surface area contributed by atoms with Gasteiger partial charge < -0.3 is 10.7 Å². The summed E-state index contributed by atoms with van der Waals surface area (Å²) >= 11 is 0. The van der Waals surface area contributed by atoms with Gasteiger partial charge in [-0.15, -0.1) is 0 Å². The third kappa shape index (κ3) is 3.60. The average molecular weight is 318 g/mol. The highest BCUT2D eigenvalue weighted by Crippen LogP contribution is 2.18. The molecule has 0 saturated carbocycles. The van der Waals surface area contributed by atoms with E-state index in [1.54, 1.807) is 18.2 Å². The van der Waals surface area contributed by atoms with E-state index in [0.717, 1.165) is 22.4 Å². The molecule has 4 nitrogen and oxygen atoms in total. The number of carbonyl (C=O) groups excluding carboxylic acids is 1. The van der Waals surface area contributed by atoms with Crippen LogP contribution < -0.4 is 11.3 Å². The Morgan fingerprint density at radius 1 is 0.875 bits per heavy atom. The van der Waals surface area contributed by atoms with Crippen LogP contribution in [0.1, 0.15) is 21.6 Å². The molecule has 0 aliphatic rings. The van der Waals surface area contributed by atoms with Crippen molar-refractivity contribution < 1.29 is 4.79 Å². The molecule has 0 radical (unpaired) electrons. The highest BCUT2D eigenvalue weighted by Gasteiger charge is 2.08. The molecule has 0 atom stereocenters. The molecule has 0 saturated heterocycles. The quantitative estimate of drug-likeness (QED) is 0.759. The summed E-state index contributed by atoms with van der Waals surface area (Å²) in [6.45, 7) is 0. The van der Waals surface area contributed by atoms with E-state index in [-0.39, 0.29) is 5.56 Å². The Morgan fingerprint density at radius 2 is 1.58 bits per heavy atom. The number of rotatable bonds is 5. The Kier molecular flexibility index (Phi) is 4.57. The van der Waals surface area contributed by atoms with Gasteiger partial charge in [0.2, 0.25) is 11.5 Å². The second-order valence-electron chi connectivity index (χ2n) is 5.65. The lowest BCUT2D eigenvalue weighted by atomic mass is 10.00. The first-order valence-corrected chi connectivity index (χ1v) is 7.80. The van der Waals surface area contributed by atoms with E-state index in [1.807, 2.05) is 48.5 Å². The molecule has 3 aromatic rings. The number of hydrogen-bond acceptors (Lipinski definition) is 2. The molecule has 0 fully saturated rings. The number of carbonyl (C=O) groups is 1. The van der Waals surface area contributed by atoms with Crippen molar-refractivity contribution in [2.24, 2.45) is 5.73 Å². The first kappa shape index (κ1) is 15.7. The first-order valence-electron chi connectivity index (χ1n) is 7.80. The SMILES string of the molecule is NC(=O)c1ccccc1CCc1cc(-c2ccccc2)cc(=O)[nH]1. The Labute approximate surface area is 140 Å². The van der Waals surface area contributed by atoms with Crippen molar-refractivity contribution in [3.05, 3.63) is 93.9 Å². The highest BCUT2D eigenvalue weighted by atomic mass is 16.1. The summed E-state index contributed by atoms with van der Waals surface area (Å²) < 4.78 is 0. The van der Waals surface area contributed by atoms with E-state index in [1.165, 1.54) is 0 Å². The predicted molar refractivity (Wildman–Crippen MR) is 94.9 cm³/mol. The summed E-state index contributed by atoms with van der Waals surface area (Å²) in [5, 5.41) is 0. The van der Waals surface area contributed by atoms with Gasteiger partial charge in [-0.2, -0.15) is 0 Å². The maximum Gasteiger partial charge on any atom is 0.248 e. The minimum Gasteiger partial charge on any atom is -0.366 e. The number of nitrogens with one attached hydrogen (secondary N) is 1. The van der Waals surface area contributed by atoms with Crippen LogP contribution in [0.5, 0.6) is 0 Å². The molecule has 0 aliphatic heterocycles. The number of amides is 1. The molecule has 1 heterocycles. The van der Waals surface area contributed by atoms with Gasteiger partial charge in [0.05, 0.1) is 0 Å². The number of pyridine rings is 1. The van der Waals surface area contributed by atoms with Crippen molar-refractivity contribution in [2.75, 3.05) is 0 Å². The van der Waals surface area contributed by atoms with Crippen LogP contribution >= 0.6 is 0 Å². The number of aromatic nitrogens is 1. The summed E-state index contributed by atoms with van der Waals surface area (Å²) in [4.78, 5) is 26.3. The summed E-state index contributed by atoms with van der Waals surface area (Å²) in [7, 11) is 0. The summed E-state index contributed by atoms with van der Waals surface area (Å²) in [5.74, 6) is -0.433. The standard InChI is InChI=1S/C20H18N2O2/c21-20(24)18-9-5-4-8-15(18)10-11-17-12-16(13-19(23)22-17)14-6-2-1-3-7-14/h1-9,12-13H,10-11H2,(H2,21,24)(H,22,23). The largest absolute Gasteiger partial charge is 0.366 e. The van der Waals surface area contributed by atoms with Gasteiger partial charge in [-0.05, 0) is 41.7 Å². The van der Waals surface area contributed by atoms with E-state index in [2.05, 4.69) is 4.98 Å². The Hall–Kier alpha value is -3.14. The second kappa shape index (κ2) is 6.96. The molecule has 0 bridgehead atoms. The van der Waals surface area contributed by atoms with Gasteiger partial charge in [0.25, 0.3) is 0 Å². The Balaban J connectivity index is 1.85. The van der Waals surface area contributed by atoms with Crippen LogP contribution in [0.3, 0.4) is 0 Å². The zero-order valence-electron chi connectivity index (χ0n) is 13.2. The van der Waals surface area contributed by atoms with E-state index in [9.17, 15) is 9.59 Å². The molecular formula is C20H18N2O2. The lowest BCUT2D eigenvalue weighted by Gasteiger charge is -2.08. The van der Waals surface area contributed by atoms with Gasteiger partial charge >= 0.3 is 0 Å². The monoisotopic (exact) mass is 318 g/mol. The van der Waals surface area contributed by atoms with Crippen molar-refractivity contribution in [1.29, 1.82) is 0 Å². The van der Waals surface area contributed by atoms with Gasteiger partial charge in [0.15, 0.2) is 0 Å². The third-order valence-electron chi connectivity index (χ3n) is 3.95. The average Bonchev–Trinajstić information content (AvgIpc) is 2.60. The minimum absolute atomic E-state index is 0.130. The minimum atomic E-state index is -0.433. The van der Waals surface area contributed by atoms with Crippen LogP contribution in [0.4, 0.5) is 0 Å². The summed E-state index contributed by atoms with van der Waals surface area (Å²) in [5.41, 5.74) is 9.42. The lowest BCUT2D eigenvalue weighted by molar-refractivity contribution is 0.0999. The van der Waals surface area contributed by atoms with E-state index in [4.69, 9.17) is 5.73 Å². The number of benzene rings is 2. The maximum absolute atomic E-state index is 11.9. The molecule has 4 heteroatoms. The van der Waals surface area contributed by atoms with E-state index >= 15 is 0 Å². The van der Waals surface area contributed by atoms with Gasteiger partial charge in [0, 0.05) is 17.3 Å². The van der Waals surface area contributed by atoms with Gasteiger partial charge in [-0.25, -0.2) is 0 Å². The van der Waals surface area contributed by atoms with Crippen molar-refractivity contribution in [1.82, 2.24) is 4.98 Å². The smallest absolute Gasteiger partial charge is 0.248 e. The zero-order valence-corrected chi connectivity index (χ0v) is 13.2. The Bertz CT molecular complexity index is 914. The van der Waals surface area contributed by atoms with Crippen LogP contribution in [-0.2, 0) is 12.8 Å². The number of aromatic amines is 1. The van der Waals surface area contributed by atoms with Gasteiger partial charge in [0.1, 0.15) is 0 Å². The Morgan fingerprint density at radius 3 is 2.33 bits per heavy atom. The third-order valence-corrected chi connectivity index (χ3v) is 3.95. The van der Waals surface area contributed by atoms with Gasteiger partial charge in [-0.3, -0.25) is 9.59 Å². The van der Waals surface area contributed by atoms with E-state index in [0.29, 0.717) is 18.4 Å². The van der Waals surface area contributed by atoms with Gasteiger partial charge in [-0.1, -0.05) is 48.5 Å². The molecule has 0 unspecified atom stereocenters. The van der Waals surface area contributed by atoms with Crippen LogP contribution in [0.2, 0.25) is 0 Å². The van der Waals surface area contributed by atoms with Crippen molar-refractivity contribution in [3.8, 4) is 11.1 Å². The molecule has 24 heavy (non-hydrogen) atoms. The normalized spacial score (nSPS) is 10.5. The molecule has 1 amide bonds. The highest BCUT2D eigenvalue weighted by molar-refractivity contribution is 5.94. The number of H-pyrrole nitrogens is 1. The van der Waals surface area contributed by atoms with Crippen LogP contribution in [-0.4, -0.2) is 10.9 Å². The molecule has 120 valence electrons. The fraction of sp³-hybridized carbons (Fsp3) is 0.100. The molecular weight excluding hydrogens is 300 g/mol. The molecule has 1 aromatic heterocycles. The number of primary amides is 1. The molecule has 0 aliphatic carbocycles. The van der Waals surface area contributed by atoms with Crippen molar-refractivity contribution >= 4 is 5.91 Å². The first-order chi connectivity index (χ1) is 11.6. The fourth-order valence-electron chi connectivity index (χ4n) is 2.78. The lowest BCUT2D eigenvalue weighted by Crippen LogP contribution is -2.14. The topological polar surface area (TPSA) is 76.0 Å². The van der Waals surface area contributed by atoms with Crippen molar-refractivity contribution in [2.45, 2.75) is 12.8 Å². The summed E-state index contributed by atoms with van der Waals surface area (Å²) in [6, 6.07) is 20.6. The van der Waals surface area contributed by atoms with Crippen LogP contribution in [0.25, 0.3) is 11.1 Å². The zero-order chi connectivity index (χ0) is 16.9. The number of aryl methyl sites for hydroxylation is 2. The molecule has 3 rings (SSSR count). The fourth-order valence-corrected chi connectivity index (χ4v) is 2.78. The molecule has 2 aromatic carbocycles. The second-order valence-corrected chi connectivity index (χ2v) is 5.65. The summed E-state index contributed by atoms with van der Waals surface area (Å²) in [6.07, 6.45) is 1.26.